The lowest BCUT2D eigenvalue weighted by atomic mass is 10.0. The van der Waals surface area contributed by atoms with Gasteiger partial charge in [-0.25, -0.2) is 0 Å². The molecule has 0 unspecified atom stereocenters. The third-order valence-corrected chi connectivity index (χ3v) is 2.30. The van der Waals surface area contributed by atoms with Crippen molar-refractivity contribution in [1.82, 2.24) is 4.90 Å². The van der Waals surface area contributed by atoms with Crippen molar-refractivity contribution in [3.05, 3.63) is 0 Å². The number of piperidine rings is 1. The lowest BCUT2D eigenvalue weighted by molar-refractivity contribution is 0.105. The van der Waals surface area contributed by atoms with Crippen LogP contribution in [0.2, 0.25) is 0 Å². The number of guanidine groups is 1. The molecular weight excluding hydrogens is 154 g/mol. The summed E-state index contributed by atoms with van der Waals surface area (Å²) in [7, 11) is 1.69. The SMILES string of the molecule is COC[C@H]1CCCCN1C(=N)N. The summed E-state index contributed by atoms with van der Waals surface area (Å²) in [6.45, 7) is 1.59. The van der Waals surface area contributed by atoms with Crippen LogP contribution in [0.25, 0.3) is 0 Å². The molecule has 1 saturated heterocycles. The molecule has 0 aliphatic carbocycles. The van der Waals surface area contributed by atoms with E-state index in [9.17, 15) is 0 Å². The average molecular weight is 171 g/mol. The highest BCUT2D eigenvalue weighted by atomic mass is 16.5. The third-order valence-electron chi connectivity index (χ3n) is 2.30. The van der Waals surface area contributed by atoms with Crippen LogP contribution < -0.4 is 5.73 Å². The number of nitrogens with zero attached hydrogens (tertiary/aromatic N) is 1. The van der Waals surface area contributed by atoms with Crippen LogP contribution in [0.4, 0.5) is 0 Å². The molecule has 0 aromatic rings. The molecule has 4 nitrogen and oxygen atoms in total. The molecule has 0 aromatic carbocycles. The summed E-state index contributed by atoms with van der Waals surface area (Å²) < 4.78 is 5.07. The topological polar surface area (TPSA) is 62.3 Å². The van der Waals surface area contributed by atoms with Gasteiger partial charge < -0.3 is 15.4 Å². The standard InChI is InChI=1S/C8H17N3O/c1-12-6-7-4-2-3-5-11(7)8(9)10/h7H,2-6H2,1H3,(H3,9,10)/t7-/m1/s1. The van der Waals surface area contributed by atoms with Crippen molar-refractivity contribution in [3.63, 3.8) is 0 Å². The Morgan fingerprint density at radius 1 is 1.67 bits per heavy atom. The summed E-state index contributed by atoms with van der Waals surface area (Å²) in [5.74, 6) is 0.178. The van der Waals surface area contributed by atoms with Gasteiger partial charge in [0.15, 0.2) is 5.96 Å². The summed E-state index contributed by atoms with van der Waals surface area (Å²) in [4.78, 5) is 1.92. The molecule has 70 valence electrons. The Bertz CT molecular complexity index is 158. The second-order valence-electron chi connectivity index (χ2n) is 3.18. The zero-order valence-electron chi connectivity index (χ0n) is 7.55. The van der Waals surface area contributed by atoms with Gasteiger partial charge in [0.2, 0.25) is 0 Å². The van der Waals surface area contributed by atoms with E-state index in [1.54, 1.807) is 7.11 Å². The highest BCUT2D eigenvalue weighted by Gasteiger charge is 2.22. The van der Waals surface area contributed by atoms with E-state index in [-0.39, 0.29) is 5.96 Å². The molecule has 0 aromatic heterocycles. The number of hydrogen-bond donors (Lipinski definition) is 2. The van der Waals surface area contributed by atoms with E-state index < -0.39 is 0 Å². The average Bonchev–Trinajstić information content (AvgIpc) is 2.05. The Balaban J connectivity index is 2.48. The first-order valence-corrected chi connectivity index (χ1v) is 4.35. The molecule has 1 fully saturated rings. The van der Waals surface area contributed by atoms with E-state index in [4.69, 9.17) is 15.9 Å². The summed E-state index contributed by atoms with van der Waals surface area (Å²) >= 11 is 0. The van der Waals surface area contributed by atoms with E-state index in [0.717, 1.165) is 19.4 Å². The van der Waals surface area contributed by atoms with Crippen molar-refractivity contribution >= 4 is 5.96 Å². The number of likely N-dealkylation sites (tertiary alicyclic amines) is 1. The highest BCUT2D eigenvalue weighted by Crippen LogP contribution is 2.16. The van der Waals surface area contributed by atoms with Gasteiger partial charge in [0.05, 0.1) is 12.6 Å². The second-order valence-corrected chi connectivity index (χ2v) is 3.18. The fraction of sp³-hybridized carbons (Fsp3) is 0.875. The lowest BCUT2D eigenvalue weighted by Crippen LogP contribution is -2.48. The quantitative estimate of drug-likeness (QED) is 0.466. The largest absolute Gasteiger partial charge is 0.383 e. The zero-order chi connectivity index (χ0) is 8.97. The second kappa shape index (κ2) is 4.30. The summed E-state index contributed by atoms with van der Waals surface area (Å²) in [5.41, 5.74) is 5.44. The first kappa shape index (κ1) is 9.32. The van der Waals surface area contributed by atoms with Crippen molar-refractivity contribution in [2.75, 3.05) is 20.3 Å². The van der Waals surface area contributed by atoms with E-state index >= 15 is 0 Å². The number of methoxy groups -OCH3 is 1. The Morgan fingerprint density at radius 2 is 2.42 bits per heavy atom. The fourth-order valence-electron chi connectivity index (χ4n) is 1.68. The first-order chi connectivity index (χ1) is 5.75. The first-order valence-electron chi connectivity index (χ1n) is 4.35. The number of nitrogens with one attached hydrogen (secondary N) is 1. The molecule has 4 heteroatoms. The number of ether oxygens (including phenoxy) is 1. The molecule has 0 spiro atoms. The molecule has 0 radical (unpaired) electrons. The minimum Gasteiger partial charge on any atom is -0.383 e. The van der Waals surface area contributed by atoms with Gasteiger partial charge in [0, 0.05) is 13.7 Å². The lowest BCUT2D eigenvalue weighted by Gasteiger charge is -2.35. The van der Waals surface area contributed by atoms with E-state index in [1.807, 2.05) is 4.90 Å². The molecule has 1 aliphatic rings. The van der Waals surface area contributed by atoms with Gasteiger partial charge in [-0.2, -0.15) is 0 Å². The minimum absolute atomic E-state index is 0.178. The highest BCUT2D eigenvalue weighted by molar-refractivity contribution is 5.75. The maximum Gasteiger partial charge on any atom is 0.188 e. The summed E-state index contributed by atoms with van der Waals surface area (Å²) in [6, 6.07) is 0.321. The molecule has 1 aliphatic heterocycles. The maximum absolute atomic E-state index is 7.35. The van der Waals surface area contributed by atoms with E-state index in [2.05, 4.69) is 0 Å². The van der Waals surface area contributed by atoms with Gasteiger partial charge >= 0.3 is 0 Å². The van der Waals surface area contributed by atoms with Crippen LogP contribution in [0.1, 0.15) is 19.3 Å². The number of hydrogen-bond acceptors (Lipinski definition) is 2. The van der Waals surface area contributed by atoms with Crippen LogP contribution in [0.3, 0.4) is 0 Å². The third kappa shape index (κ3) is 2.11. The Hall–Kier alpha value is -0.770. The van der Waals surface area contributed by atoms with Crippen molar-refractivity contribution in [3.8, 4) is 0 Å². The Labute approximate surface area is 73.2 Å². The molecule has 3 N–H and O–H groups in total. The fourth-order valence-corrected chi connectivity index (χ4v) is 1.68. The predicted molar refractivity (Wildman–Crippen MR) is 48.1 cm³/mol. The smallest absolute Gasteiger partial charge is 0.188 e. The van der Waals surface area contributed by atoms with Crippen molar-refractivity contribution in [2.45, 2.75) is 25.3 Å². The number of rotatable bonds is 2. The Kier molecular flexibility index (Phi) is 3.34. The molecule has 1 heterocycles. The maximum atomic E-state index is 7.35. The monoisotopic (exact) mass is 171 g/mol. The van der Waals surface area contributed by atoms with E-state index in [1.165, 1.54) is 6.42 Å². The molecular formula is C8H17N3O. The van der Waals surface area contributed by atoms with Gasteiger partial charge in [0.25, 0.3) is 0 Å². The molecule has 0 amide bonds. The Morgan fingerprint density at radius 3 is 3.00 bits per heavy atom. The predicted octanol–water partition coefficient (Wildman–Crippen LogP) is 0.381. The van der Waals surface area contributed by atoms with Gasteiger partial charge in [-0.3, -0.25) is 5.41 Å². The molecule has 0 bridgehead atoms. The van der Waals surface area contributed by atoms with E-state index in [0.29, 0.717) is 12.6 Å². The van der Waals surface area contributed by atoms with Crippen LogP contribution in [0.5, 0.6) is 0 Å². The molecule has 0 saturated carbocycles. The summed E-state index contributed by atoms with van der Waals surface area (Å²) in [6.07, 6.45) is 3.45. The zero-order valence-corrected chi connectivity index (χ0v) is 7.55. The van der Waals surface area contributed by atoms with Crippen LogP contribution >= 0.6 is 0 Å². The number of nitrogens with two attached hydrogens (primary N) is 1. The molecule has 1 atom stereocenters. The van der Waals surface area contributed by atoms with Crippen LogP contribution in [-0.2, 0) is 4.74 Å². The summed E-state index contributed by atoms with van der Waals surface area (Å²) in [5, 5.41) is 7.35. The van der Waals surface area contributed by atoms with Gasteiger partial charge in [0.1, 0.15) is 0 Å². The van der Waals surface area contributed by atoms with Crippen LogP contribution in [-0.4, -0.2) is 37.2 Å². The minimum atomic E-state index is 0.178. The van der Waals surface area contributed by atoms with Crippen molar-refractivity contribution in [1.29, 1.82) is 5.41 Å². The van der Waals surface area contributed by atoms with Gasteiger partial charge in [-0.05, 0) is 19.3 Å². The van der Waals surface area contributed by atoms with Gasteiger partial charge in [-0.15, -0.1) is 0 Å². The van der Waals surface area contributed by atoms with Crippen LogP contribution in [0.15, 0.2) is 0 Å². The molecule has 12 heavy (non-hydrogen) atoms. The molecule has 1 rings (SSSR count). The normalized spacial score (nSPS) is 24.1. The van der Waals surface area contributed by atoms with Gasteiger partial charge in [-0.1, -0.05) is 0 Å². The van der Waals surface area contributed by atoms with Crippen molar-refractivity contribution in [2.24, 2.45) is 5.73 Å². The van der Waals surface area contributed by atoms with Crippen molar-refractivity contribution < 1.29 is 4.74 Å². The van der Waals surface area contributed by atoms with Crippen LogP contribution in [0, 0.1) is 5.41 Å².